The van der Waals surface area contributed by atoms with Crippen LogP contribution < -0.4 is 10.6 Å². The molecule has 5 nitrogen and oxygen atoms in total. The molecule has 122 valence electrons. The van der Waals surface area contributed by atoms with Gasteiger partial charge in [0, 0.05) is 23.8 Å². The van der Waals surface area contributed by atoms with Crippen LogP contribution in [0.5, 0.6) is 0 Å². The van der Waals surface area contributed by atoms with Crippen LogP contribution in [-0.2, 0) is 0 Å². The summed E-state index contributed by atoms with van der Waals surface area (Å²) >= 11 is 0. The first-order chi connectivity index (χ1) is 11.7. The Morgan fingerprint density at radius 2 is 2.04 bits per heavy atom. The molecule has 2 heterocycles. The van der Waals surface area contributed by atoms with Gasteiger partial charge in [-0.2, -0.15) is 0 Å². The van der Waals surface area contributed by atoms with E-state index < -0.39 is 0 Å². The van der Waals surface area contributed by atoms with Crippen molar-refractivity contribution in [3.8, 4) is 0 Å². The molecule has 0 aliphatic carbocycles. The number of hydrogen-bond acceptors (Lipinski definition) is 4. The highest BCUT2D eigenvalue weighted by Crippen LogP contribution is 2.24. The Hall–Kier alpha value is -2.95. The Kier molecular flexibility index (Phi) is 4.70. The fraction of sp³-hybridized carbons (Fsp3) is 0.211. The van der Waals surface area contributed by atoms with Gasteiger partial charge in [0.2, 0.25) is 0 Å². The van der Waals surface area contributed by atoms with E-state index >= 15 is 0 Å². The highest BCUT2D eigenvalue weighted by atomic mass is 16.1. The maximum atomic E-state index is 12.2. The molecule has 2 aromatic heterocycles. The topological polar surface area (TPSA) is 66.9 Å². The number of amides is 1. The summed E-state index contributed by atoms with van der Waals surface area (Å²) in [7, 11) is 0. The van der Waals surface area contributed by atoms with Crippen molar-refractivity contribution in [2.24, 2.45) is 0 Å². The molecule has 2 N–H and O–H groups in total. The number of nitrogens with zero attached hydrogens (tertiary/aromatic N) is 2. The van der Waals surface area contributed by atoms with Gasteiger partial charge >= 0.3 is 0 Å². The Morgan fingerprint density at radius 1 is 1.21 bits per heavy atom. The number of rotatable bonds is 5. The normalized spacial score (nSPS) is 11.9. The van der Waals surface area contributed by atoms with Gasteiger partial charge in [-0.15, -0.1) is 0 Å². The standard InChI is InChI=1S/C19H20N4O/c1-3-13(2)22-19(24)15-10-16(12-20-11-15)23-17-8-4-6-14-7-5-9-21-18(14)17/h4-13,23H,3H2,1-2H3,(H,22,24). The largest absolute Gasteiger partial charge is 0.352 e. The number of carbonyl (C=O) groups excluding carboxylic acids is 1. The summed E-state index contributed by atoms with van der Waals surface area (Å²) in [6, 6.07) is 11.8. The van der Waals surface area contributed by atoms with Crippen molar-refractivity contribution >= 4 is 28.2 Å². The third-order valence-corrected chi connectivity index (χ3v) is 3.90. The van der Waals surface area contributed by atoms with Gasteiger partial charge in [0.1, 0.15) is 0 Å². The average molecular weight is 320 g/mol. The van der Waals surface area contributed by atoms with Crippen molar-refractivity contribution in [3.05, 3.63) is 60.6 Å². The lowest BCUT2D eigenvalue weighted by Crippen LogP contribution is -2.31. The van der Waals surface area contributed by atoms with Crippen molar-refractivity contribution in [2.75, 3.05) is 5.32 Å². The van der Waals surface area contributed by atoms with Crippen molar-refractivity contribution < 1.29 is 4.79 Å². The molecule has 0 saturated heterocycles. The molecule has 0 saturated carbocycles. The number of aromatic nitrogens is 2. The number of para-hydroxylation sites is 1. The fourth-order valence-electron chi connectivity index (χ4n) is 2.40. The smallest absolute Gasteiger partial charge is 0.253 e. The van der Waals surface area contributed by atoms with Crippen LogP contribution in [0.1, 0.15) is 30.6 Å². The summed E-state index contributed by atoms with van der Waals surface area (Å²) in [6.07, 6.45) is 5.92. The highest BCUT2D eigenvalue weighted by Gasteiger charge is 2.10. The van der Waals surface area contributed by atoms with Gasteiger partial charge in [-0.25, -0.2) is 0 Å². The molecule has 1 amide bonds. The molecule has 1 unspecified atom stereocenters. The van der Waals surface area contributed by atoms with Gasteiger partial charge in [0.15, 0.2) is 0 Å². The van der Waals surface area contributed by atoms with Gasteiger partial charge in [0.25, 0.3) is 5.91 Å². The van der Waals surface area contributed by atoms with E-state index in [4.69, 9.17) is 0 Å². The number of nitrogens with one attached hydrogen (secondary N) is 2. The second kappa shape index (κ2) is 7.08. The van der Waals surface area contributed by atoms with E-state index in [1.165, 1.54) is 0 Å². The number of carbonyl (C=O) groups is 1. The van der Waals surface area contributed by atoms with E-state index in [1.54, 1.807) is 24.7 Å². The number of fused-ring (bicyclic) bond motifs is 1. The van der Waals surface area contributed by atoms with E-state index in [0.717, 1.165) is 28.7 Å². The van der Waals surface area contributed by atoms with Crippen LogP contribution in [0.25, 0.3) is 10.9 Å². The molecule has 0 bridgehead atoms. The van der Waals surface area contributed by atoms with Crippen LogP contribution >= 0.6 is 0 Å². The van der Waals surface area contributed by atoms with Gasteiger partial charge in [-0.3, -0.25) is 14.8 Å². The zero-order valence-electron chi connectivity index (χ0n) is 13.8. The molecule has 24 heavy (non-hydrogen) atoms. The molecule has 0 aliphatic heterocycles. The maximum Gasteiger partial charge on any atom is 0.253 e. The van der Waals surface area contributed by atoms with Crippen molar-refractivity contribution in [3.63, 3.8) is 0 Å². The van der Waals surface area contributed by atoms with Crippen LogP contribution in [0.3, 0.4) is 0 Å². The summed E-state index contributed by atoms with van der Waals surface area (Å²) in [6.45, 7) is 4.02. The Morgan fingerprint density at radius 3 is 2.88 bits per heavy atom. The number of hydrogen-bond donors (Lipinski definition) is 2. The molecule has 3 aromatic rings. The van der Waals surface area contributed by atoms with Gasteiger partial charge < -0.3 is 10.6 Å². The van der Waals surface area contributed by atoms with E-state index in [-0.39, 0.29) is 11.9 Å². The predicted molar refractivity (Wildman–Crippen MR) is 96.5 cm³/mol. The first kappa shape index (κ1) is 15.9. The molecule has 0 fully saturated rings. The zero-order valence-corrected chi connectivity index (χ0v) is 13.8. The molecular weight excluding hydrogens is 300 g/mol. The Labute approximate surface area is 141 Å². The summed E-state index contributed by atoms with van der Waals surface area (Å²) in [4.78, 5) is 20.8. The zero-order chi connectivity index (χ0) is 16.9. The number of pyridine rings is 2. The minimum Gasteiger partial charge on any atom is -0.352 e. The van der Waals surface area contributed by atoms with Crippen molar-refractivity contribution in [1.29, 1.82) is 0 Å². The lowest BCUT2D eigenvalue weighted by Gasteiger charge is -2.13. The van der Waals surface area contributed by atoms with Gasteiger partial charge in [-0.05, 0) is 31.5 Å². The minimum absolute atomic E-state index is 0.114. The summed E-state index contributed by atoms with van der Waals surface area (Å²) < 4.78 is 0. The van der Waals surface area contributed by atoms with Crippen molar-refractivity contribution in [1.82, 2.24) is 15.3 Å². The third-order valence-electron chi connectivity index (χ3n) is 3.90. The number of benzene rings is 1. The van der Waals surface area contributed by atoms with E-state index in [1.807, 2.05) is 44.2 Å². The van der Waals surface area contributed by atoms with E-state index in [2.05, 4.69) is 20.6 Å². The van der Waals surface area contributed by atoms with E-state index in [0.29, 0.717) is 5.56 Å². The monoisotopic (exact) mass is 320 g/mol. The molecule has 0 aliphatic rings. The molecule has 5 heteroatoms. The first-order valence-electron chi connectivity index (χ1n) is 8.04. The second-order valence-corrected chi connectivity index (χ2v) is 5.75. The first-order valence-corrected chi connectivity index (χ1v) is 8.04. The summed E-state index contributed by atoms with van der Waals surface area (Å²) in [5, 5.41) is 7.31. The number of anilines is 2. The van der Waals surface area contributed by atoms with Crippen molar-refractivity contribution in [2.45, 2.75) is 26.3 Å². The quantitative estimate of drug-likeness (QED) is 0.748. The van der Waals surface area contributed by atoms with Crippen LogP contribution in [0.4, 0.5) is 11.4 Å². The highest BCUT2D eigenvalue weighted by molar-refractivity contribution is 5.96. The Bertz CT molecular complexity index is 857. The van der Waals surface area contributed by atoms with Crippen LogP contribution in [-0.4, -0.2) is 21.9 Å². The molecular formula is C19H20N4O. The fourth-order valence-corrected chi connectivity index (χ4v) is 2.40. The van der Waals surface area contributed by atoms with Crippen LogP contribution in [0.15, 0.2) is 55.0 Å². The van der Waals surface area contributed by atoms with Gasteiger partial charge in [-0.1, -0.05) is 25.1 Å². The predicted octanol–water partition coefficient (Wildman–Crippen LogP) is 3.90. The van der Waals surface area contributed by atoms with Gasteiger partial charge in [0.05, 0.1) is 28.7 Å². The van der Waals surface area contributed by atoms with Crippen LogP contribution in [0.2, 0.25) is 0 Å². The second-order valence-electron chi connectivity index (χ2n) is 5.75. The lowest BCUT2D eigenvalue weighted by molar-refractivity contribution is 0.0939. The third kappa shape index (κ3) is 3.51. The molecule has 0 spiro atoms. The Balaban J connectivity index is 1.85. The van der Waals surface area contributed by atoms with E-state index in [9.17, 15) is 4.79 Å². The maximum absolute atomic E-state index is 12.2. The lowest BCUT2D eigenvalue weighted by atomic mass is 10.1. The SMILES string of the molecule is CCC(C)NC(=O)c1cncc(Nc2cccc3cccnc23)c1. The minimum atomic E-state index is -0.114. The molecule has 0 radical (unpaired) electrons. The summed E-state index contributed by atoms with van der Waals surface area (Å²) in [5.74, 6) is -0.114. The van der Waals surface area contributed by atoms with Crippen LogP contribution in [0, 0.1) is 0 Å². The summed E-state index contributed by atoms with van der Waals surface area (Å²) in [5.41, 5.74) is 3.06. The molecule has 3 rings (SSSR count). The molecule has 1 aromatic carbocycles. The molecule has 1 atom stereocenters. The average Bonchev–Trinajstić information content (AvgIpc) is 2.62.